The van der Waals surface area contributed by atoms with E-state index in [0.29, 0.717) is 18.0 Å². The molecule has 0 aliphatic carbocycles. The molecule has 0 bridgehead atoms. The van der Waals surface area contributed by atoms with E-state index in [1.54, 1.807) is 18.9 Å². The van der Waals surface area contributed by atoms with Gasteiger partial charge in [-0.1, -0.05) is 70.5 Å². The molecule has 0 saturated carbocycles. The normalized spacial score (nSPS) is 19.9. The Balaban J connectivity index is 2.14. The first kappa shape index (κ1) is 33.9. The molecule has 1 heterocycles. The largest absolute Gasteiger partial charge is 0.394 e. The monoisotopic (exact) mass is 558 g/mol. The summed E-state index contributed by atoms with van der Waals surface area (Å²) in [6.45, 7) is 14.8. The Labute approximate surface area is 242 Å². The van der Waals surface area contributed by atoms with Gasteiger partial charge in [0.15, 0.2) is 0 Å². The lowest BCUT2D eigenvalue weighted by molar-refractivity contribution is -0.137. The van der Waals surface area contributed by atoms with Gasteiger partial charge in [0.1, 0.15) is 6.23 Å². The summed E-state index contributed by atoms with van der Waals surface area (Å²) in [5.74, 6) is -0.352. The van der Waals surface area contributed by atoms with Crippen LogP contribution in [0.25, 0.3) is 0 Å². The minimum atomic E-state index is -0.812. The molecule has 40 heavy (non-hydrogen) atoms. The van der Waals surface area contributed by atoms with Crippen molar-refractivity contribution >= 4 is 11.8 Å². The Hall–Kier alpha value is -2.26. The number of likely N-dealkylation sites (N-methyl/N-ethyl adjacent to an activating group) is 1. The van der Waals surface area contributed by atoms with Crippen LogP contribution in [0.5, 0.6) is 0 Å². The number of aliphatic hydroxyl groups is 2. The SMILES string of the molecule is C/C(=C\C(C(C)C)N(C)C(=O)C(NC(O)C1CCCCN1C(C)C)C(C)C)C(=O)NC(CO)Cc1ccccc1. The van der Waals surface area contributed by atoms with Crippen LogP contribution in [0, 0.1) is 11.8 Å². The van der Waals surface area contributed by atoms with Gasteiger partial charge in [0.05, 0.1) is 24.7 Å². The van der Waals surface area contributed by atoms with Crippen LogP contribution < -0.4 is 10.6 Å². The number of amides is 2. The molecule has 1 saturated heterocycles. The number of hydrogen-bond acceptors (Lipinski definition) is 6. The van der Waals surface area contributed by atoms with Crippen molar-refractivity contribution in [2.75, 3.05) is 20.2 Å². The van der Waals surface area contributed by atoms with E-state index in [1.165, 1.54) is 0 Å². The quantitative estimate of drug-likeness (QED) is 0.206. The predicted molar refractivity (Wildman–Crippen MR) is 162 cm³/mol. The molecule has 0 spiro atoms. The van der Waals surface area contributed by atoms with Crippen molar-refractivity contribution in [3.8, 4) is 0 Å². The zero-order valence-corrected chi connectivity index (χ0v) is 25.9. The number of benzene rings is 1. The summed E-state index contributed by atoms with van der Waals surface area (Å²) < 4.78 is 0. The van der Waals surface area contributed by atoms with Crippen LogP contribution >= 0.6 is 0 Å². The Morgan fingerprint density at radius 2 is 1.73 bits per heavy atom. The Morgan fingerprint density at radius 1 is 1.07 bits per heavy atom. The fraction of sp³-hybridized carbons (Fsp3) is 0.688. The van der Waals surface area contributed by atoms with Gasteiger partial charge in [0.25, 0.3) is 0 Å². The molecule has 2 amide bonds. The van der Waals surface area contributed by atoms with Crippen LogP contribution in [0.15, 0.2) is 42.0 Å². The zero-order chi connectivity index (χ0) is 30.0. The van der Waals surface area contributed by atoms with Gasteiger partial charge in [0, 0.05) is 24.7 Å². The number of nitrogens with zero attached hydrogens (tertiary/aromatic N) is 2. The molecular weight excluding hydrogens is 504 g/mol. The van der Waals surface area contributed by atoms with Crippen LogP contribution in [0.3, 0.4) is 0 Å². The van der Waals surface area contributed by atoms with Crippen molar-refractivity contribution in [2.24, 2.45) is 11.8 Å². The molecule has 1 fully saturated rings. The number of hydrogen-bond donors (Lipinski definition) is 4. The van der Waals surface area contributed by atoms with Gasteiger partial charge in [0.2, 0.25) is 11.8 Å². The second-order valence-corrected chi connectivity index (χ2v) is 12.3. The van der Waals surface area contributed by atoms with E-state index in [9.17, 15) is 19.8 Å². The molecule has 0 radical (unpaired) electrons. The fourth-order valence-electron chi connectivity index (χ4n) is 5.61. The molecule has 0 aromatic heterocycles. The van der Waals surface area contributed by atoms with Crippen molar-refractivity contribution in [1.82, 2.24) is 20.4 Å². The van der Waals surface area contributed by atoms with Crippen molar-refractivity contribution in [2.45, 2.75) is 111 Å². The van der Waals surface area contributed by atoms with E-state index in [4.69, 9.17) is 0 Å². The lowest BCUT2D eigenvalue weighted by atomic mass is 9.95. The highest BCUT2D eigenvalue weighted by molar-refractivity contribution is 5.93. The molecule has 5 atom stereocenters. The fourth-order valence-corrected chi connectivity index (χ4v) is 5.61. The maximum Gasteiger partial charge on any atom is 0.246 e. The minimum absolute atomic E-state index is 0.0322. The Morgan fingerprint density at radius 3 is 2.27 bits per heavy atom. The molecule has 4 N–H and O–H groups in total. The highest BCUT2D eigenvalue weighted by Crippen LogP contribution is 2.23. The van der Waals surface area contributed by atoms with Gasteiger partial charge in [-0.15, -0.1) is 0 Å². The van der Waals surface area contributed by atoms with Crippen LogP contribution in [0.1, 0.15) is 73.3 Å². The van der Waals surface area contributed by atoms with E-state index in [0.717, 1.165) is 31.4 Å². The lowest BCUT2D eigenvalue weighted by Gasteiger charge is -2.43. The van der Waals surface area contributed by atoms with E-state index in [2.05, 4.69) is 29.4 Å². The Bertz CT molecular complexity index is 949. The number of rotatable bonds is 14. The third-order valence-corrected chi connectivity index (χ3v) is 8.04. The molecule has 1 aliphatic heterocycles. The highest BCUT2D eigenvalue weighted by atomic mass is 16.3. The molecule has 1 aromatic rings. The van der Waals surface area contributed by atoms with Crippen LogP contribution in [0.2, 0.25) is 0 Å². The molecule has 1 aliphatic rings. The number of piperidine rings is 1. The maximum absolute atomic E-state index is 13.8. The summed E-state index contributed by atoms with van der Waals surface area (Å²) in [5, 5.41) is 27.3. The van der Waals surface area contributed by atoms with Crippen LogP contribution in [0.4, 0.5) is 0 Å². The second-order valence-electron chi connectivity index (χ2n) is 12.3. The molecule has 5 unspecified atom stereocenters. The average Bonchev–Trinajstić information content (AvgIpc) is 2.93. The standard InChI is InChI=1S/C32H54N4O4/c1-21(2)28(18-24(7)30(38)33-26(20-37)19-25-14-10-9-11-15-25)35(8)32(40)29(22(3)4)34-31(39)27-16-12-13-17-36(27)23(5)6/h9-11,14-15,18,21-23,26-29,31,34,37,39H,12-13,16-17,19-20H2,1-8H3,(H,33,38)/b24-18+. The second kappa shape index (κ2) is 16.2. The van der Waals surface area contributed by atoms with Gasteiger partial charge in [-0.05, 0) is 64.0 Å². The minimum Gasteiger partial charge on any atom is -0.394 e. The van der Waals surface area contributed by atoms with Gasteiger partial charge in [-0.3, -0.25) is 19.8 Å². The van der Waals surface area contributed by atoms with Gasteiger partial charge in [-0.2, -0.15) is 0 Å². The van der Waals surface area contributed by atoms with E-state index in [1.807, 2.05) is 64.1 Å². The molecule has 226 valence electrons. The maximum atomic E-state index is 13.8. The first-order valence-corrected chi connectivity index (χ1v) is 15.0. The summed E-state index contributed by atoms with van der Waals surface area (Å²) in [4.78, 5) is 30.9. The number of carbonyl (C=O) groups excluding carboxylic acids is 2. The topological polar surface area (TPSA) is 105 Å². The summed E-state index contributed by atoms with van der Waals surface area (Å²) in [6.07, 6.45) is 4.64. The lowest BCUT2D eigenvalue weighted by Crippen LogP contribution is -2.60. The summed E-state index contributed by atoms with van der Waals surface area (Å²) in [5.41, 5.74) is 1.53. The zero-order valence-electron chi connectivity index (χ0n) is 25.9. The van der Waals surface area contributed by atoms with Crippen LogP contribution in [-0.2, 0) is 16.0 Å². The molecular formula is C32H54N4O4. The summed E-state index contributed by atoms with van der Waals surface area (Å²) in [6, 6.07) is 8.74. The third kappa shape index (κ3) is 9.68. The van der Waals surface area contributed by atoms with Gasteiger partial charge in [-0.25, -0.2) is 0 Å². The Kier molecular flexibility index (Phi) is 13.8. The highest BCUT2D eigenvalue weighted by Gasteiger charge is 2.36. The average molecular weight is 559 g/mol. The van der Waals surface area contributed by atoms with Crippen molar-refractivity contribution < 1.29 is 19.8 Å². The van der Waals surface area contributed by atoms with E-state index in [-0.39, 0.29) is 42.3 Å². The smallest absolute Gasteiger partial charge is 0.246 e. The predicted octanol–water partition coefficient (Wildman–Crippen LogP) is 3.33. The number of aliphatic hydroxyl groups excluding tert-OH is 2. The van der Waals surface area contributed by atoms with Crippen molar-refractivity contribution in [3.05, 3.63) is 47.5 Å². The number of nitrogens with one attached hydrogen (secondary N) is 2. The molecule has 8 heteroatoms. The van der Waals surface area contributed by atoms with E-state index < -0.39 is 18.3 Å². The first-order valence-electron chi connectivity index (χ1n) is 15.0. The number of carbonyl (C=O) groups is 2. The first-order chi connectivity index (χ1) is 18.9. The van der Waals surface area contributed by atoms with Crippen molar-refractivity contribution in [1.29, 1.82) is 0 Å². The molecule has 1 aromatic carbocycles. The summed E-state index contributed by atoms with van der Waals surface area (Å²) >= 11 is 0. The summed E-state index contributed by atoms with van der Waals surface area (Å²) in [7, 11) is 1.77. The van der Waals surface area contributed by atoms with Gasteiger partial charge >= 0.3 is 0 Å². The third-order valence-electron chi connectivity index (χ3n) is 8.04. The van der Waals surface area contributed by atoms with Crippen molar-refractivity contribution in [3.63, 3.8) is 0 Å². The van der Waals surface area contributed by atoms with Gasteiger partial charge < -0.3 is 20.4 Å². The number of likely N-dealkylation sites (tertiary alicyclic amines) is 1. The van der Waals surface area contributed by atoms with E-state index >= 15 is 0 Å². The molecule has 8 nitrogen and oxygen atoms in total. The molecule has 2 rings (SSSR count). The van der Waals surface area contributed by atoms with Crippen LogP contribution in [-0.4, -0.2) is 88.5 Å².